The lowest BCUT2D eigenvalue weighted by molar-refractivity contribution is -0.0440. The number of rotatable bonds is 6. The highest BCUT2D eigenvalue weighted by Crippen LogP contribution is 2.15. The highest BCUT2D eigenvalue weighted by molar-refractivity contribution is 7.89. The smallest absolute Gasteiger partial charge is 0.254 e. The molecule has 1 saturated heterocycles. The van der Waals surface area contributed by atoms with Gasteiger partial charge in [-0.2, -0.15) is 9.40 Å². The number of morpholine rings is 1. The summed E-state index contributed by atoms with van der Waals surface area (Å²) >= 11 is 0. The van der Waals surface area contributed by atoms with Gasteiger partial charge < -0.3 is 10.1 Å². The second-order valence-corrected chi connectivity index (χ2v) is 8.98. The Labute approximate surface area is 164 Å². The molecule has 0 saturated carbocycles. The van der Waals surface area contributed by atoms with Crippen LogP contribution in [0.3, 0.4) is 0 Å². The third kappa shape index (κ3) is 4.57. The van der Waals surface area contributed by atoms with Crippen molar-refractivity contribution in [3.05, 3.63) is 41.9 Å². The van der Waals surface area contributed by atoms with Gasteiger partial charge in [0.05, 0.1) is 35.4 Å². The minimum absolute atomic E-state index is 0.0233. The Morgan fingerprint density at radius 1 is 1.29 bits per heavy atom. The third-order valence-electron chi connectivity index (χ3n) is 4.55. The normalized spacial score (nSPS) is 20.8. The molecule has 1 aliphatic heterocycles. The van der Waals surface area contributed by atoms with Crippen molar-refractivity contribution in [2.45, 2.75) is 33.0 Å². The largest absolute Gasteiger partial charge is 0.373 e. The Morgan fingerprint density at radius 3 is 2.64 bits per heavy atom. The van der Waals surface area contributed by atoms with Gasteiger partial charge in [0.1, 0.15) is 0 Å². The summed E-state index contributed by atoms with van der Waals surface area (Å²) in [7, 11) is -3.47. The molecule has 152 valence electrons. The van der Waals surface area contributed by atoms with Gasteiger partial charge in [0, 0.05) is 25.8 Å². The van der Waals surface area contributed by atoms with Crippen LogP contribution < -0.4 is 5.32 Å². The number of nitrogens with zero attached hydrogens (tertiary/aromatic N) is 4. The molecule has 1 fully saturated rings. The van der Waals surface area contributed by atoms with Gasteiger partial charge in [0.2, 0.25) is 10.0 Å². The fraction of sp³-hybridized carbons (Fsp3) is 0.500. The summed E-state index contributed by atoms with van der Waals surface area (Å²) in [4.78, 5) is 16.7. The molecule has 0 aliphatic carbocycles. The van der Waals surface area contributed by atoms with E-state index in [1.165, 1.54) is 10.5 Å². The Hall–Kier alpha value is -2.30. The molecular weight excluding hydrogens is 382 g/mol. The average molecular weight is 407 g/mol. The van der Waals surface area contributed by atoms with Crippen LogP contribution in [0.5, 0.6) is 0 Å². The van der Waals surface area contributed by atoms with Crippen LogP contribution in [0.25, 0.3) is 5.82 Å². The number of hydrogen-bond acceptors (Lipinski definition) is 6. The number of sulfonamides is 1. The zero-order valence-electron chi connectivity index (χ0n) is 16.2. The molecule has 9 nitrogen and oxygen atoms in total. The molecule has 0 radical (unpaired) electrons. The summed E-state index contributed by atoms with van der Waals surface area (Å²) in [6, 6.07) is 5.42. The number of carbonyl (C=O) groups is 1. The summed E-state index contributed by atoms with van der Waals surface area (Å²) < 4.78 is 33.7. The van der Waals surface area contributed by atoms with Crippen LogP contribution in [0.1, 0.15) is 29.9 Å². The topological polar surface area (TPSA) is 106 Å². The average Bonchev–Trinajstić information content (AvgIpc) is 3.03. The van der Waals surface area contributed by atoms with E-state index in [2.05, 4.69) is 15.4 Å². The van der Waals surface area contributed by atoms with Crippen LogP contribution >= 0.6 is 0 Å². The highest BCUT2D eigenvalue weighted by Gasteiger charge is 2.30. The maximum Gasteiger partial charge on any atom is 0.254 e. The van der Waals surface area contributed by atoms with Crippen molar-refractivity contribution in [2.75, 3.05) is 25.4 Å². The van der Waals surface area contributed by atoms with E-state index in [0.29, 0.717) is 30.2 Å². The fourth-order valence-electron chi connectivity index (χ4n) is 3.22. The molecule has 0 unspecified atom stereocenters. The van der Waals surface area contributed by atoms with E-state index < -0.39 is 10.0 Å². The number of nitrogens with one attached hydrogen (secondary N) is 1. The predicted molar refractivity (Wildman–Crippen MR) is 104 cm³/mol. The van der Waals surface area contributed by atoms with Gasteiger partial charge in [-0.1, -0.05) is 6.07 Å². The highest BCUT2D eigenvalue weighted by atomic mass is 32.2. The lowest BCUT2D eigenvalue weighted by Crippen LogP contribution is -2.49. The Balaban J connectivity index is 1.60. The lowest BCUT2D eigenvalue weighted by Gasteiger charge is -2.34. The van der Waals surface area contributed by atoms with Crippen molar-refractivity contribution in [2.24, 2.45) is 0 Å². The SMILES string of the molecule is Cc1c(C(=O)NCCS(=O)(=O)N2C[C@@H](C)O[C@H](C)C2)cnn1-c1ccccn1. The molecular formula is C18H25N5O4S. The van der Waals surface area contributed by atoms with E-state index in [0.717, 1.165) is 0 Å². The lowest BCUT2D eigenvalue weighted by atomic mass is 10.2. The van der Waals surface area contributed by atoms with Crippen LogP contribution in [0.2, 0.25) is 0 Å². The second-order valence-electron chi connectivity index (χ2n) is 6.89. The number of hydrogen-bond donors (Lipinski definition) is 1. The molecule has 0 spiro atoms. The summed E-state index contributed by atoms with van der Waals surface area (Å²) in [5.41, 5.74) is 1.02. The van der Waals surface area contributed by atoms with E-state index in [9.17, 15) is 13.2 Å². The van der Waals surface area contributed by atoms with Crippen LogP contribution in [0.4, 0.5) is 0 Å². The molecule has 10 heteroatoms. The standard InChI is InChI=1S/C18H25N5O4S/c1-13-11-22(12-14(2)27-13)28(25,26)9-8-20-18(24)16-10-21-23(15(16)3)17-6-4-5-7-19-17/h4-7,10,13-14H,8-9,11-12H2,1-3H3,(H,20,24)/t13-,14-/m1/s1. The zero-order chi connectivity index (χ0) is 20.3. The van der Waals surface area contributed by atoms with Crippen LogP contribution in [-0.4, -0.2) is 71.0 Å². The van der Waals surface area contributed by atoms with E-state index in [-0.39, 0.29) is 30.4 Å². The van der Waals surface area contributed by atoms with E-state index >= 15 is 0 Å². The van der Waals surface area contributed by atoms with Crippen molar-refractivity contribution >= 4 is 15.9 Å². The van der Waals surface area contributed by atoms with Gasteiger partial charge in [-0.25, -0.2) is 18.1 Å². The second kappa shape index (κ2) is 8.38. The van der Waals surface area contributed by atoms with Crippen molar-refractivity contribution < 1.29 is 17.9 Å². The summed E-state index contributed by atoms with van der Waals surface area (Å²) in [5.74, 6) is 0.0850. The number of aromatic nitrogens is 3. The minimum Gasteiger partial charge on any atom is -0.373 e. The zero-order valence-corrected chi connectivity index (χ0v) is 17.0. The van der Waals surface area contributed by atoms with Crippen molar-refractivity contribution in [3.63, 3.8) is 0 Å². The number of ether oxygens (including phenoxy) is 1. The van der Waals surface area contributed by atoms with Gasteiger partial charge >= 0.3 is 0 Å². The fourth-order valence-corrected chi connectivity index (χ4v) is 4.71. The number of pyridine rings is 1. The molecule has 2 atom stereocenters. The monoisotopic (exact) mass is 407 g/mol. The molecule has 1 aliphatic rings. The van der Waals surface area contributed by atoms with Crippen LogP contribution in [0, 0.1) is 6.92 Å². The van der Waals surface area contributed by atoms with Crippen LogP contribution in [-0.2, 0) is 14.8 Å². The molecule has 3 rings (SSSR count). The molecule has 2 aromatic heterocycles. The van der Waals surface area contributed by atoms with E-state index in [1.807, 2.05) is 19.9 Å². The van der Waals surface area contributed by atoms with E-state index in [4.69, 9.17) is 4.74 Å². The first-order valence-corrected chi connectivity index (χ1v) is 10.8. The van der Waals surface area contributed by atoms with Crippen molar-refractivity contribution in [3.8, 4) is 5.82 Å². The Bertz CT molecular complexity index is 919. The van der Waals surface area contributed by atoms with Crippen molar-refractivity contribution in [1.29, 1.82) is 0 Å². The molecule has 3 heterocycles. The molecule has 1 N–H and O–H groups in total. The molecule has 2 aromatic rings. The number of carbonyl (C=O) groups excluding carboxylic acids is 1. The summed E-state index contributed by atoms with van der Waals surface area (Å²) in [6.45, 7) is 6.15. The molecule has 0 aromatic carbocycles. The first kappa shape index (κ1) is 20.4. The van der Waals surface area contributed by atoms with Crippen molar-refractivity contribution in [1.82, 2.24) is 24.4 Å². The first-order chi connectivity index (χ1) is 13.3. The van der Waals surface area contributed by atoms with Crippen LogP contribution in [0.15, 0.2) is 30.6 Å². The third-order valence-corrected chi connectivity index (χ3v) is 6.35. The quantitative estimate of drug-likeness (QED) is 0.757. The molecule has 28 heavy (non-hydrogen) atoms. The maximum absolute atomic E-state index is 12.5. The Morgan fingerprint density at radius 2 is 2.00 bits per heavy atom. The van der Waals surface area contributed by atoms with E-state index in [1.54, 1.807) is 29.9 Å². The summed E-state index contributed by atoms with van der Waals surface area (Å²) in [5, 5.41) is 6.88. The van der Waals surface area contributed by atoms with Gasteiger partial charge in [-0.15, -0.1) is 0 Å². The summed E-state index contributed by atoms with van der Waals surface area (Å²) in [6.07, 6.45) is 2.81. The van der Waals surface area contributed by atoms with Gasteiger partial charge in [-0.3, -0.25) is 4.79 Å². The van der Waals surface area contributed by atoms with Gasteiger partial charge in [0.25, 0.3) is 5.91 Å². The Kier molecular flexibility index (Phi) is 6.11. The molecule has 0 bridgehead atoms. The maximum atomic E-state index is 12.5. The minimum atomic E-state index is -3.47. The van der Waals surface area contributed by atoms with Gasteiger partial charge in [-0.05, 0) is 32.9 Å². The number of amides is 1. The first-order valence-electron chi connectivity index (χ1n) is 9.15. The van der Waals surface area contributed by atoms with Gasteiger partial charge in [0.15, 0.2) is 5.82 Å². The predicted octanol–water partition coefficient (Wildman–Crippen LogP) is 0.745. The molecule has 1 amide bonds.